The predicted molar refractivity (Wildman–Crippen MR) is 119 cm³/mol. The standard InChI is InChI=1S/C26H29FN2O/c1-3-30-24-14-12-22(13-15-24)26-28(18-21-10-8-20(2)9-11-21)16-17-29(26)19-23-6-4-5-7-25(23)27/h4-15,26H,3,16-19H2,1-2H3. The van der Waals surface area contributed by atoms with E-state index in [9.17, 15) is 4.39 Å². The van der Waals surface area contributed by atoms with Crippen LogP contribution in [-0.2, 0) is 13.1 Å². The zero-order chi connectivity index (χ0) is 20.9. The van der Waals surface area contributed by atoms with Gasteiger partial charge in [-0.25, -0.2) is 4.39 Å². The van der Waals surface area contributed by atoms with E-state index in [1.54, 1.807) is 12.1 Å². The van der Waals surface area contributed by atoms with Crippen molar-refractivity contribution in [2.24, 2.45) is 0 Å². The Labute approximate surface area is 178 Å². The molecule has 0 bridgehead atoms. The van der Waals surface area contributed by atoms with Crippen LogP contribution < -0.4 is 4.74 Å². The smallest absolute Gasteiger partial charge is 0.127 e. The maximum Gasteiger partial charge on any atom is 0.127 e. The number of benzene rings is 3. The van der Waals surface area contributed by atoms with Crippen LogP contribution in [-0.4, -0.2) is 29.5 Å². The van der Waals surface area contributed by atoms with E-state index in [0.29, 0.717) is 13.2 Å². The van der Waals surface area contributed by atoms with Crippen LogP contribution in [0.4, 0.5) is 4.39 Å². The molecule has 1 unspecified atom stereocenters. The zero-order valence-corrected chi connectivity index (χ0v) is 17.7. The normalized spacial score (nSPS) is 17.4. The third kappa shape index (κ3) is 4.72. The van der Waals surface area contributed by atoms with Gasteiger partial charge in [0, 0.05) is 31.7 Å². The molecule has 156 valence electrons. The lowest BCUT2D eigenvalue weighted by Crippen LogP contribution is -2.30. The second-order valence-electron chi connectivity index (χ2n) is 7.89. The van der Waals surface area contributed by atoms with Gasteiger partial charge in [-0.05, 0) is 43.2 Å². The molecule has 0 N–H and O–H groups in total. The van der Waals surface area contributed by atoms with Gasteiger partial charge in [0.15, 0.2) is 0 Å². The molecule has 0 saturated carbocycles. The number of hydrogen-bond acceptors (Lipinski definition) is 3. The highest BCUT2D eigenvalue weighted by molar-refractivity contribution is 5.30. The van der Waals surface area contributed by atoms with E-state index >= 15 is 0 Å². The van der Waals surface area contributed by atoms with Crippen molar-refractivity contribution in [2.45, 2.75) is 33.1 Å². The lowest BCUT2D eigenvalue weighted by atomic mass is 10.1. The predicted octanol–water partition coefficient (Wildman–Crippen LogP) is 5.55. The minimum absolute atomic E-state index is 0.0987. The summed E-state index contributed by atoms with van der Waals surface area (Å²) in [5.74, 6) is 0.741. The van der Waals surface area contributed by atoms with E-state index in [1.165, 1.54) is 16.7 Å². The third-order valence-corrected chi connectivity index (χ3v) is 5.69. The lowest BCUT2D eigenvalue weighted by Gasteiger charge is -2.31. The first kappa shape index (κ1) is 20.6. The van der Waals surface area contributed by atoms with E-state index in [2.05, 4.69) is 53.1 Å². The zero-order valence-electron chi connectivity index (χ0n) is 17.7. The first-order valence-corrected chi connectivity index (χ1v) is 10.6. The summed E-state index contributed by atoms with van der Waals surface area (Å²) < 4.78 is 20.0. The molecule has 4 heteroatoms. The fourth-order valence-electron chi connectivity index (χ4n) is 4.16. The van der Waals surface area contributed by atoms with Gasteiger partial charge < -0.3 is 4.74 Å². The highest BCUT2D eigenvalue weighted by Crippen LogP contribution is 2.34. The minimum Gasteiger partial charge on any atom is -0.494 e. The first-order valence-electron chi connectivity index (χ1n) is 10.6. The van der Waals surface area contributed by atoms with Crippen molar-refractivity contribution in [3.8, 4) is 5.75 Å². The van der Waals surface area contributed by atoms with E-state index in [0.717, 1.165) is 30.9 Å². The molecule has 1 aliphatic rings. The van der Waals surface area contributed by atoms with E-state index < -0.39 is 0 Å². The SMILES string of the molecule is CCOc1ccc(C2N(Cc3ccc(C)cc3)CCN2Cc2ccccc2F)cc1. The van der Waals surface area contributed by atoms with Crippen molar-refractivity contribution >= 4 is 0 Å². The Balaban J connectivity index is 1.60. The summed E-state index contributed by atoms with van der Waals surface area (Å²) >= 11 is 0. The summed E-state index contributed by atoms with van der Waals surface area (Å²) in [6.45, 7) is 8.06. The van der Waals surface area contributed by atoms with E-state index in [-0.39, 0.29) is 12.0 Å². The Hall–Kier alpha value is -2.69. The maximum absolute atomic E-state index is 14.3. The van der Waals surface area contributed by atoms with Crippen LogP contribution in [0, 0.1) is 12.7 Å². The van der Waals surface area contributed by atoms with Crippen LogP contribution >= 0.6 is 0 Å². The summed E-state index contributed by atoms with van der Waals surface area (Å²) in [6.07, 6.45) is 0.0987. The molecule has 0 spiro atoms. The molecule has 1 atom stereocenters. The molecule has 4 rings (SSSR count). The number of hydrogen-bond donors (Lipinski definition) is 0. The van der Waals surface area contributed by atoms with Crippen molar-refractivity contribution in [2.75, 3.05) is 19.7 Å². The van der Waals surface area contributed by atoms with Crippen molar-refractivity contribution in [1.82, 2.24) is 9.80 Å². The Morgan fingerprint density at radius 1 is 0.867 bits per heavy atom. The number of nitrogens with zero attached hydrogens (tertiary/aromatic N) is 2. The number of ether oxygens (including phenoxy) is 1. The topological polar surface area (TPSA) is 15.7 Å². The summed E-state index contributed by atoms with van der Waals surface area (Å²) in [4.78, 5) is 4.84. The maximum atomic E-state index is 14.3. The lowest BCUT2D eigenvalue weighted by molar-refractivity contribution is 0.124. The molecule has 1 saturated heterocycles. The van der Waals surface area contributed by atoms with Gasteiger partial charge in [-0.3, -0.25) is 9.80 Å². The molecule has 3 aromatic carbocycles. The van der Waals surface area contributed by atoms with Crippen molar-refractivity contribution in [3.63, 3.8) is 0 Å². The molecule has 1 heterocycles. The average molecular weight is 405 g/mol. The molecule has 0 aromatic heterocycles. The summed E-state index contributed by atoms with van der Waals surface area (Å²) in [7, 11) is 0. The van der Waals surface area contributed by atoms with Gasteiger partial charge in [0.1, 0.15) is 11.6 Å². The summed E-state index contributed by atoms with van der Waals surface area (Å²) in [5.41, 5.74) is 4.51. The highest BCUT2D eigenvalue weighted by Gasteiger charge is 2.33. The van der Waals surface area contributed by atoms with Crippen LogP contribution in [0.2, 0.25) is 0 Å². The fraction of sp³-hybridized carbons (Fsp3) is 0.308. The van der Waals surface area contributed by atoms with Crippen LogP contribution in [0.15, 0.2) is 72.8 Å². The Morgan fingerprint density at radius 2 is 1.53 bits per heavy atom. The largest absolute Gasteiger partial charge is 0.494 e. The first-order chi connectivity index (χ1) is 14.6. The number of rotatable bonds is 7. The van der Waals surface area contributed by atoms with Crippen LogP contribution in [0.3, 0.4) is 0 Å². The van der Waals surface area contributed by atoms with Gasteiger partial charge >= 0.3 is 0 Å². The van der Waals surface area contributed by atoms with Gasteiger partial charge in [0.2, 0.25) is 0 Å². The Kier molecular flexibility index (Phi) is 6.46. The van der Waals surface area contributed by atoms with Crippen LogP contribution in [0.1, 0.15) is 35.3 Å². The Morgan fingerprint density at radius 3 is 2.20 bits per heavy atom. The fourth-order valence-corrected chi connectivity index (χ4v) is 4.16. The minimum atomic E-state index is -0.139. The molecule has 1 aliphatic heterocycles. The van der Waals surface area contributed by atoms with Gasteiger partial charge in [-0.15, -0.1) is 0 Å². The van der Waals surface area contributed by atoms with Gasteiger partial charge in [-0.2, -0.15) is 0 Å². The number of halogens is 1. The quantitative estimate of drug-likeness (QED) is 0.513. The number of aryl methyl sites for hydroxylation is 1. The molecule has 30 heavy (non-hydrogen) atoms. The molecular formula is C26H29FN2O. The second kappa shape index (κ2) is 9.41. The van der Waals surface area contributed by atoms with Crippen LogP contribution in [0.25, 0.3) is 0 Å². The summed E-state index contributed by atoms with van der Waals surface area (Å²) in [6, 6.07) is 24.1. The monoisotopic (exact) mass is 404 g/mol. The molecule has 3 nitrogen and oxygen atoms in total. The van der Waals surface area contributed by atoms with Crippen molar-refractivity contribution in [1.29, 1.82) is 0 Å². The van der Waals surface area contributed by atoms with E-state index in [4.69, 9.17) is 4.74 Å². The van der Waals surface area contributed by atoms with Gasteiger partial charge in [-0.1, -0.05) is 60.2 Å². The van der Waals surface area contributed by atoms with E-state index in [1.807, 2.05) is 31.2 Å². The molecule has 0 radical (unpaired) electrons. The molecule has 3 aromatic rings. The van der Waals surface area contributed by atoms with Crippen molar-refractivity contribution < 1.29 is 9.13 Å². The van der Waals surface area contributed by atoms with Crippen molar-refractivity contribution in [3.05, 3.63) is 101 Å². The van der Waals surface area contributed by atoms with Gasteiger partial charge in [0.25, 0.3) is 0 Å². The third-order valence-electron chi connectivity index (χ3n) is 5.69. The highest BCUT2D eigenvalue weighted by atomic mass is 19.1. The molecule has 0 aliphatic carbocycles. The van der Waals surface area contributed by atoms with Crippen LogP contribution in [0.5, 0.6) is 5.75 Å². The molecule has 1 fully saturated rings. The Bertz CT molecular complexity index is 956. The molecule has 0 amide bonds. The second-order valence-corrected chi connectivity index (χ2v) is 7.89. The van der Waals surface area contributed by atoms with Gasteiger partial charge in [0.05, 0.1) is 12.8 Å². The summed E-state index contributed by atoms with van der Waals surface area (Å²) in [5, 5.41) is 0. The molecular weight excluding hydrogens is 375 g/mol. The average Bonchev–Trinajstić information content (AvgIpc) is 3.14.